The summed E-state index contributed by atoms with van der Waals surface area (Å²) < 4.78 is 21.3. The van der Waals surface area contributed by atoms with Crippen LogP contribution in [-0.2, 0) is 0 Å². The molecule has 6 nitrogen and oxygen atoms in total. The van der Waals surface area contributed by atoms with E-state index in [0.717, 1.165) is 6.07 Å². The smallest absolute Gasteiger partial charge is 0.197 e. The van der Waals surface area contributed by atoms with Gasteiger partial charge >= 0.3 is 0 Å². The van der Waals surface area contributed by atoms with Crippen molar-refractivity contribution in [1.82, 2.24) is 9.78 Å². The van der Waals surface area contributed by atoms with E-state index in [-0.39, 0.29) is 16.7 Å². The molecule has 0 fully saturated rings. The molecule has 2 aromatic heterocycles. The van der Waals surface area contributed by atoms with E-state index in [1.807, 2.05) is 0 Å². The highest BCUT2D eigenvalue weighted by atomic mass is 35.5. The molecule has 25 heavy (non-hydrogen) atoms. The Morgan fingerprint density at radius 1 is 1.32 bits per heavy atom. The number of aromatic nitrogens is 2. The molecule has 3 aromatic rings. The van der Waals surface area contributed by atoms with Gasteiger partial charge in [0, 0.05) is 22.8 Å². The maximum atomic E-state index is 14.4. The second-order valence-electron chi connectivity index (χ2n) is 5.57. The monoisotopic (exact) mass is 363 g/mol. The zero-order chi connectivity index (χ0) is 18.3. The summed E-state index contributed by atoms with van der Waals surface area (Å²) in [6.07, 6.45) is 1.23. The number of furan rings is 1. The Morgan fingerprint density at radius 3 is 2.60 bits per heavy atom. The van der Waals surface area contributed by atoms with Gasteiger partial charge in [-0.2, -0.15) is 5.10 Å². The topological polar surface area (TPSA) is 83.8 Å². The summed E-state index contributed by atoms with van der Waals surface area (Å²) in [6.45, 7) is 5.21. The van der Waals surface area contributed by atoms with E-state index < -0.39 is 5.82 Å². The Bertz CT molecular complexity index is 992. The van der Waals surface area contributed by atoms with E-state index in [9.17, 15) is 9.50 Å². The third kappa shape index (κ3) is 2.76. The minimum Gasteiger partial charge on any atom is -0.508 e. The number of phenolic OH excluding ortho intramolecular Hbond substituents is 1. The third-order valence-electron chi connectivity index (χ3n) is 3.95. The molecule has 0 saturated carbocycles. The zero-order valence-electron chi connectivity index (χ0n) is 13.7. The van der Waals surface area contributed by atoms with Crippen molar-refractivity contribution in [3.8, 4) is 22.7 Å². The SMILES string of the molecule is Cc1nn(-c2ccc(O)cc2F)c(-c2c(C)oc(Cl)c2C)c1C=NO. The van der Waals surface area contributed by atoms with Crippen molar-refractivity contribution in [1.29, 1.82) is 0 Å². The molecule has 0 saturated heterocycles. The van der Waals surface area contributed by atoms with Crippen LogP contribution in [0.5, 0.6) is 5.75 Å². The number of nitrogens with zero attached hydrogens (tertiary/aromatic N) is 3. The van der Waals surface area contributed by atoms with Gasteiger partial charge < -0.3 is 14.7 Å². The van der Waals surface area contributed by atoms with E-state index >= 15 is 0 Å². The number of hydrogen-bond donors (Lipinski definition) is 2. The van der Waals surface area contributed by atoms with E-state index in [1.165, 1.54) is 23.0 Å². The fourth-order valence-electron chi connectivity index (χ4n) is 2.80. The molecule has 1 aromatic carbocycles. The highest BCUT2D eigenvalue weighted by Gasteiger charge is 2.25. The zero-order valence-corrected chi connectivity index (χ0v) is 14.5. The van der Waals surface area contributed by atoms with Crippen LogP contribution in [-0.4, -0.2) is 26.3 Å². The first-order valence-electron chi connectivity index (χ1n) is 7.37. The lowest BCUT2D eigenvalue weighted by Crippen LogP contribution is -2.03. The van der Waals surface area contributed by atoms with Crippen molar-refractivity contribution in [3.05, 3.63) is 51.8 Å². The largest absolute Gasteiger partial charge is 0.508 e. The second kappa shape index (κ2) is 6.25. The Morgan fingerprint density at radius 2 is 2.04 bits per heavy atom. The van der Waals surface area contributed by atoms with Crippen molar-refractivity contribution < 1.29 is 19.1 Å². The number of benzene rings is 1. The number of rotatable bonds is 3. The van der Waals surface area contributed by atoms with E-state index in [2.05, 4.69) is 10.3 Å². The fraction of sp³-hybridized carbons (Fsp3) is 0.176. The number of aromatic hydroxyl groups is 1. The summed E-state index contributed by atoms with van der Waals surface area (Å²) in [5.74, 6) is -0.320. The molecule has 2 heterocycles. The molecule has 3 rings (SSSR count). The average Bonchev–Trinajstić information content (AvgIpc) is 2.97. The summed E-state index contributed by atoms with van der Waals surface area (Å²) in [5, 5.41) is 26.1. The van der Waals surface area contributed by atoms with Crippen molar-refractivity contribution in [2.24, 2.45) is 5.16 Å². The highest BCUT2D eigenvalue weighted by molar-refractivity contribution is 6.30. The van der Waals surface area contributed by atoms with Crippen LogP contribution in [0.4, 0.5) is 4.39 Å². The molecule has 0 bridgehead atoms. The normalized spacial score (nSPS) is 11.6. The van der Waals surface area contributed by atoms with Gasteiger partial charge in [-0.15, -0.1) is 0 Å². The Labute approximate surface area is 147 Å². The predicted molar refractivity (Wildman–Crippen MR) is 91.5 cm³/mol. The quantitative estimate of drug-likeness (QED) is 0.411. The maximum absolute atomic E-state index is 14.4. The first-order valence-corrected chi connectivity index (χ1v) is 7.74. The van der Waals surface area contributed by atoms with Gasteiger partial charge in [0.2, 0.25) is 0 Å². The molecule has 0 aliphatic carbocycles. The van der Waals surface area contributed by atoms with Gasteiger partial charge in [-0.25, -0.2) is 9.07 Å². The first-order chi connectivity index (χ1) is 11.8. The number of oxime groups is 1. The molecular weight excluding hydrogens is 349 g/mol. The molecule has 0 amide bonds. The van der Waals surface area contributed by atoms with Crippen LogP contribution in [0.25, 0.3) is 16.9 Å². The lowest BCUT2D eigenvalue weighted by molar-refractivity contribution is 0.322. The molecule has 0 unspecified atom stereocenters. The highest BCUT2D eigenvalue weighted by Crippen LogP contribution is 2.38. The molecule has 130 valence electrons. The second-order valence-corrected chi connectivity index (χ2v) is 5.92. The van der Waals surface area contributed by atoms with Gasteiger partial charge in [-0.05, 0) is 44.5 Å². The lowest BCUT2D eigenvalue weighted by atomic mass is 10.0. The number of halogens is 2. The van der Waals surface area contributed by atoms with Crippen LogP contribution < -0.4 is 0 Å². The summed E-state index contributed by atoms with van der Waals surface area (Å²) >= 11 is 6.08. The summed E-state index contributed by atoms with van der Waals surface area (Å²) in [6, 6.07) is 3.77. The van der Waals surface area contributed by atoms with E-state index in [0.29, 0.717) is 33.8 Å². The van der Waals surface area contributed by atoms with Gasteiger partial charge in [0.05, 0.1) is 17.6 Å². The first kappa shape index (κ1) is 17.0. The van der Waals surface area contributed by atoms with E-state index in [1.54, 1.807) is 20.8 Å². The van der Waals surface area contributed by atoms with Crippen LogP contribution in [0.3, 0.4) is 0 Å². The van der Waals surface area contributed by atoms with E-state index in [4.69, 9.17) is 21.2 Å². The third-order valence-corrected chi connectivity index (χ3v) is 4.32. The van der Waals surface area contributed by atoms with Crippen LogP contribution in [0.15, 0.2) is 27.8 Å². The molecule has 0 spiro atoms. The standard InChI is InChI=1S/C17H15ClFN3O3/c1-8-15(10(3)25-17(8)18)16-12(7-20-24)9(2)21-22(16)14-5-4-11(23)6-13(14)19/h4-7,23-24H,1-3H3. The van der Waals surface area contributed by atoms with Crippen LogP contribution in [0, 0.1) is 26.6 Å². The van der Waals surface area contributed by atoms with Crippen LogP contribution >= 0.6 is 11.6 Å². The molecule has 2 N–H and O–H groups in total. The molecule has 8 heteroatoms. The number of aryl methyl sites for hydroxylation is 2. The van der Waals surface area contributed by atoms with Crippen LogP contribution in [0.2, 0.25) is 5.22 Å². The van der Waals surface area contributed by atoms with Gasteiger partial charge in [0.25, 0.3) is 0 Å². The number of hydrogen-bond acceptors (Lipinski definition) is 5. The Balaban J connectivity index is 2.40. The maximum Gasteiger partial charge on any atom is 0.197 e. The minimum absolute atomic E-state index is 0.129. The van der Waals surface area contributed by atoms with Crippen molar-refractivity contribution in [2.75, 3.05) is 0 Å². The van der Waals surface area contributed by atoms with Gasteiger partial charge in [0.1, 0.15) is 17.2 Å². The Kier molecular flexibility index (Phi) is 4.26. The summed E-state index contributed by atoms with van der Waals surface area (Å²) in [4.78, 5) is 0. The molecule has 0 aliphatic heterocycles. The molecular formula is C17H15ClFN3O3. The average molecular weight is 364 g/mol. The minimum atomic E-state index is -0.652. The number of phenols is 1. The Hall–Kier alpha value is -2.80. The van der Waals surface area contributed by atoms with Gasteiger partial charge in [-0.1, -0.05) is 5.16 Å². The van der Waals surface area contributed by atoms with Crippen LogP contribution in [0.1, 0.15) is 22.6 Å². The summed E-state index contributed by atoms with van der Waals surface area (Å²) in [5.41, 5.74) is 2.92. The van der Waals surface area contributed by atoms with Gasteiger partial charge in [0.15, 0.2) is 11.0 Å². The predicted octanol–water partition coefficient (Wildman–Crippen LogP) is 4.36. The fourth-order valence-corrected chi connectivity index (χ4v) is 3.01. The molecule has 0 radical (unpaired) electrons. The molecule has 0 atom stereocenters. The lowest BCUT2D eigenvalue weighted by Gasteiger charge is -2.10. The van der Waals surface area contributed by atoms with Gasteiger partial charge in [-0.3, -0.25) is 0 Å². The van der Waals surface area contributed by atoms with Crippen molar-refractivity contribution >= 4 is 17.8 Å². The van der Waals surface area contributed by atoms with Crippen molar-refractivity contribution in [2.45, 2.75) is 20.8 Å². The van der Waals surface area contributed by atoms with Crippen molar-refractivity contribution in [3.63, 3.8) is 0 Å². The summed E-state index contributed by atoms with van der Waals surface area (Å²) in [7, 11) is 0. The molecule has 0 aliphatic rings.